The van der Waals surface area contributed by atoms with E-state index in [9.17, 15) is 0 Å². The van der Waals surface area contributed by atoms with Gasteiger partial charge in [-0.15, -0.1) is 0 Å². The lowest BCUT2D eigenvalue weighted by atomic mass is 9.83. The Morgan fingerprint density at radius 2 is 1.94 bits per heavy atom. The van der Waals surface area contributed by atoms with Gasteiger partial charge in [-0.3, -0.25) is 0 Å². The predicted octanol–water partition coefficient (Wildman–Crippen LogP) is 4.03. The summed E-state index contributed by atoms with van der Waals surface area (Å²) in [6.07, 6.45) is 14.7. The molecular weight excluding hydrogens is 194 g/mol. The van der Waals surface area contributed by atoms with Crippen molar-refractivity contribution < 1.29 is 0 Å². The van der Waals surface area contributed by atoms with E-state index in [1.165, 1.54) is 57.8 Å². The van der Waals surface area contributed by atoms with Gasteiger partial charge in [-0.25, -0.2) is 0 Å². The van der Waals surface area contributed by atoms with E-state index in [4.69, 9.17) is 5.73 Å². The third-order valence-corrected chi connectivity index (χ3v) is 4.64. The van der Waals surface area contributed by atoms with Crippen molar-refractivity contribution >= 4 is 0 Å². The minimum atomic E-state index is 0.371. The Morgan fingerprint density at radius 3 is 2.69 bits per heavy atom. The second kappa shape index (κ2) is 5.86. The molecule has 0 aromatic carbocycles. The summed E-state index contributed by atoms with van der Waals surface area (Å²) in [5, 5.41) is 0. The summed E-state index contributed by atoms with van der Waals surface area (Å²) >= 11 is 0. The number of nitrogens with two attached hydrogens (primary N) is 1. The van der Waals surface area contributed by atoms with Gasteiger partial charge in [0.2, 0.25) is 0 Å². The van der Waals surface area contributed by atoms with Gasteiger partial charge in [0.25, 0.3) is 0 Å². The third-order valence-electron chi connectivity index (χ3n) is 4.64. The lowest BCUT2D eigenvalue weighted by molar-refractivity contribution is 0.364. The van der Waals surface area contributed by atoms with Crippen molar-refractivity contribution in [3.05, 3.63) is 11.6 Å². The summed E-state index contributed by atoms with van der Waals surface area (Å²) in [5.41, 5.74) is 8.08. The first-order valence-corrected chi connectivity index (χ1v) is 7.23. The van der Waals surface area contributed by atoms with Crippen molar-refractivity contribution in [2.45, 2.75) is 70.8 Å². The topological polar surface area (TPSA) is 26.0 Å². The molecule has 0 aromatic heterocycles. The Hall–Kier alpha value is -0.300. The van der Waals surface area contributed by atoms with Crippen LogP contribution in [0, 0.1) is 11.8 Å². The highest BCUT2D eigenvalue weighted by Crippen LogP contribution is 2.36. The largest absolute Gasteiger partial charge is 0.324 e. The van der Waals surface area contributed by atoms with E-state index >= 15 is 0 Å². The van der Waals surface area contributed by atoms with Crippen molar-refractivity contribution in [3.63, 3.8) is 0 Å². The van der Waals surface area contributed by atoms with Crippen LogP contribution in [-0.2, 0) is 0 Å². The standard InChI is InChI=1S/C15H27N/c1-12-8-7-11-14(12)15(16)13-9-5-3-2-4-6-10-13/h9,12,14-15H,2-8,10-11,16H2,1H3. The van der Waals surface area contributed by atoms with Crippen LogP contribution in [-0.4, -0.2) is 6.04 Å². The van der Waals surface area contributed by atoms with Crippen LogP contribution in [0.2, 0.25) is 0 Å². The van der Waals surface area contributed by atoms with Crippen molar-refractivity contribution in [2.24, 2.45) is 17.6 Å². The summed E-state index contributed by atoms with van der Waals surface area (Å²) in [7, 11) is 0. The molecular formula is C15H27N. The van der Waals surface area contributed by atoms with Gasteiger partial charge in [-0.2, -0.15) is 0 Å². The molecule has 16 heavy (non-hydrogen) atoms. The molecule has 1 saturated carbocycles. The molecule has 1 nitrogen and oxygen atoms in total. The molecule has 0 spiro atoms. The minimum absolute atomic E-state index is 0.371. The Kier molecular flexibility index (Phi) is 4.45. The summed E-state index contributed by atoms with van der Waals surface area (Å²) < 4.78 is 0. The first-order chi connectivity index (χ1) is 7.79. The Labute approximate surface area is 100 Å². The van der Waals surface area contributed by atoms with Gasteiger partial charge in [0.1, 0.15) is 0 Å². The van der Waals surface area contributed by atoms with Crippen LogP contribution < -0.4 is 5.73 Å². The van der Waals surface area contributed by atoms with E-state index in [-0.39, 0.29) is 0 Å². The molecule has 0 aliphatic heterocycles. The van der Waals surface area contributed by atoms with Crippen LogP contribution in [0.5, 0.6) is 0 Å². The zero-order chi connectivity index (χ0) is 11.4. The maximum absolute atomic E-state index is 6.50. The molecule has 2 aliphatic rings. The van der Waals surface area contributed by atoms with Crippen LogP contribution in [0.15, 0.2) is 11.6 Å². The summed E-state index contributed by atoms with van der Waals surface area (Å²) in [4.78, 5) is 0. The Bertz CT molecular complexity index is 244. The van der Waals surface area contributed by atoms with Crippen LogP contribution in [0.4, 0.5) is 0 Å². The van der Waals surface area contributed by atoms with Crippen molar-refractivity contribution in [1.82, 2.24) is 0 Å². The molecule has 0 heterocycles. The average Bonchev–Trinajstić information content (AvgIpc) is 2.63. The second-order valence-corrected chi connectivity index (χ2v) is 5.83. The van der Waals surface area contributed by atoms with Gasteiger partial charge in [0.05, 0.1) is 0 Å². The number of hydrogen-bond donors (Lipinski definition) is 1. The lowest BCUT2D eigenvalue weighted by Crippen LogP contribution is -2.33. The molecule has 0 aromatic rings. The molecule has 92 valence electrons. The fourth-order valence-corrected chi connectivity index (χ4v) is 3.50. The summed E-state index contributed by atoms with van der Waals surface area (Å²) in [6, 6.07) is 0.371. The maximum Gasteiger partial charge on any atom is 0.0284 e. The quantitative estimate of drug-likeness (QED) is 0.700. The van der Waals surface area contributed by atoms with Crippen LogP contribution in [0.1, 0.15) is 64.7 Å². The van der Waals surface area contributed by atoms with Crippen LogP contribution >= 0.6 is 0 Å². The fraction of sp³-hybridized carbons (Fsp3) is 0.867. The number of rotatable bonds is 2. The summed E-state index contributed by atoms with van der Waals surface area (Å²) in [5.74, 6) is 1.62. The van der Waals surface area contributed by atoms with Gasteiger partial charge in [-0.1, -0.05) is 44.3 Å². The molecule has 0 saturated heterocycles. The average molecular weight is 221 g/mol. The molecule has 3 unspecified atom stereocenters. The molecule has 2 N–H and O–H groups in total. The molecule has 2 rings (SSSR count). The Balaban J connectivity index is 1.98. The highest BCUT2D eigenvalue weighted by Gasteiger charge is 2.30. The van der Waals surface area contributed by atoms with E-state index in [0.717, 1.165) is 11.8 Å². The van der Waals surface area contributed by atoms with Crippen molar-refractivity contribution in [1.29, 1.82) is 0 Å². The number of allylic oxidation sites excluding steroid dienone is 1. The maximum atomic E-state index is 6.50. The molecule has 1 heteroatoms. The van der Waals surface area contributed by atoms with E-state index in [2.05, 4.69) is 13.0 Å². The van der Waals surface area contributed by atoms with Crippen LogP contribution in [0.3, 0.4) is 0 Å². The summed E-state index contributed by atoms with van der Waals surface area (Å²) in [6.45, 7) is 2.39. The molecule has 0 amide bonds. The molecule has 2 aliphatic carbocycles. The molecule has 0 radical (unpaired) electrons. The highest BCUT2D eigenvalue weighted by molar-refractivity contribution is 5.13. The van der Waals surface area contributed by atoms with Crippen LogP contribution in [0.25, 0.3) is 0 Å². The van der Waals surface area contributed by atoms with Gasteiger partial charge in [0, 0.05) is 6.04 Å². The zero-order valence-corrected chi connectivity index (χ0v) is 10.8. The minimum Gasteiger partial charge on any atom is -0.324 e. The monoisotopic (exact) mass is 221 g/mol. The van der Waals surface area contributed by atoms with Gasteiger partial charge >= 0.3 is 0 Å². The SMILES string of the molecule is CC1CCCC1C(N)C1=CCCCCCC1. The highest BCUT2D eigenvalue weighted by atomic mass is 14.7. The smallest absolute Gasteiger partial charge is 0.0284 e. The van der Waals surface area contributed by atoms with E-state index < -0.39 is 0 Å². The van der Waals surface area contributed by atoms with E-state index in [0.29, 0.717) is 6.04 Å². The van der Waals surface area contributed by atoms with Crippen molar-refractivity contribution in [2.75, 3.05) is 0 Å². The van der Waals surface area contributed by atoms with E-state index in [1.807, 2.05) is 0 Å². The Morgan fingerprint density at radius 1 is 1.12 bits per heavy atom. The lowest BCUT2D eigenvalue weighted by Gasteiger charge is -2.27. The molecule has 1 fully saturated rings. The zero-order valence-electron chi connectivity index (χ0n) is 10.8. The predicted molar refractivity (Wildman–Crippen MR) is 70.3 cm³/mol. The normalized spacial score (nSPS) is 34.0. The van der Waals surface area contributed by atoms with Crippen molar-refractivity contribution in [3.8, 4) is 0 Å². The van der Waals surface area contributed by atoms with Gasteiger partial charge in [-0.05, 0) is 43.9 Å². The van der Waals surface area contributed by atoms with Gasteiger partial charge in [0.15, 0.2) is 0 Å². The second-order valence-electron chi connectivity index (χ2n) is 5.83. The fourth-order valence-electron chi connectivity index (χ4n) is 3.50. The molecule has 3 atom stereocenters. The third kappa shape index (κ3) is 2.88. The number of hydrogen-bond acceptors (Lipinski definition) is 1. The van der Waals surface area contributed by atoms with Gasteiger partial charge < -0.3 is 5.73 Å². The first kappa shape index (κ1) is 12.2. The molecule has 0 bridgehead atoms. The first-order valence-electron chi connectivity index (χ1n) is 7.23. The van der Waals surface area contributed by atoms with E-state index in [1.54, 1.807) is 5.57 Å².